The number of hydrogen-bond acceptors (Lipinski definition) is 7. The summed E-state index contributed by atoms with van der Waals surface area (Å²) in [6.07, 6.45) is 9.98. The number of unbranched alkanes of at least 4 members (excludes halogenated alkanes) is 8. The molecule has 2 aliphatic heterocycles. The maximum absolute atomic E-state index is 12.3. The molecule has 0 amide bonds. The summed E-state index contributed by atoms with van der Waals surface area (Å²) in [5, 5.41) is 0. The van der Waals surface area contributed by atoms with Gasteiger partial charge in [-0.05, 0) is 20.3 Å². The van der Waals surface area contributed by atoms with Gasteiger partial charge in [-0.1, -0.05) is 58.3 Å². The minimum atomic E-state index is -0.859. The van der Waals surface area contributed by atoms with Crippen LogP contribution in [0.25, 0.3) is 0 Å². The Morgan fingerprint density at radius 3 is 2.33 bits per heavy atom. The Hall–Kier alpha value is -1.97. The molecule has 0 radical (unpaired) electrons. The van der Waals surface area contributed by atoms with Gasteiger partial charge in [0.2, 0.25) is 0 Å². The van der Waals surface area contributed by atoms with Crippen molar-refractivity contribution >= 4 is 5.97 Å². The average molecular weight is 467 g/mol. The summed E-state index contributed by atoms with van der Waals surface area (Å²) in [6.45, 7) is 5.80. The van der Waals surface area contributed by atoms with Gasteiger partial charge in [-0.3, -0.25) is 19.1 Å². The molecule has 0 unspecified atom stereocenters. The first-order valence-corrected chi connectivity index (χ1v) is 12.3. The maximum Gasteiger partial charge on any atom is 0.330 e. The molecule has 0 aromatic carbocycles. The molecule has 9 heteroatoms. The van der Waals surface area contributed by atoms with Crippen molar-refractivity contribution < 1.29 is 23.7 Å². The molecule has 4 atom stereocenters. The summed E-state index contributed by atoms with van der Waals surface area (Å²) >= 11 is 0. The van der Waals surface area contributed by atoms with Crippen molar-refractivity contribution in [1.82, 2.24) is 9.55 Å². The van der Waals surface area contributed by atoms with E-state index in [-0.39, 0.29) is 12.6 Å². The molecule has 0 saturated carbocycles. The topological polar surface area (TPSA) is 109 Å². The van der Waals surface area contributed by atoms with Crippen LogP contribution in [0.4, 0.5) is 0 Å². The van der Waals surface area contributed by atoms with Crippen molar-refractivity contribution in [2.24, 2.45) is 0 Å². The Morgan fingerprint density at radius 2 is 1.67 bits per heavy atom. The van der Waals surface area contributed by atoms with E-state index in [1.54, 1.807) is 13.8 Å². The van der Waals surface area contributed by atoms with E-state index in [1.807, 2.05) is 0 Å². The molecule has 186 valence electrons. The molecule has 3 heterocycles. The second-order valence-corrected chi connectivity index (χ2v) is 9.41. The van der Waals surface area contributed by atoms with Gasteiger partial charge in [0.15, 0.2) is 12.0 Å². The summed E-state index contributed by atoms with van der Waals surface area (Å²) in [6, 6.07) is 1.25. The molecule has 0 aliphatic carbocycles. The van der Waals surface area contributed by atoms with E-state index in [1.165, 1.54) is 55.4 Å². The van der Waals surface area contributed by atoms with Crippen LogP contribution in [0.3, 0.4) is 0 Å². The smallest absolute Gasteiger partial charge is 0.330 e. The van der Waals surface area contributed by atoms with E-state index in [0.29, 0.717) is 6.42 Å². The SMILES string of the molecule is CCCCCCCCCCCC(=O)OC[C@H]1O[C@@H](n2ccc(=O)[nH]c2=O)[C@@H]2OC(C)(C)O[C@@H]21. The average Bonchev–Trinajstić information content (AvgIpc) is 3.24. The Balaban J connectivity index is 1.44. The highest BCUT2D eigenvalue weighted by atomic mass is 16.8. The highest BCUT2D eigenvalue weighted by Crippen LogP contribution is 2.42. The van der Waals surface area contributed by atoms with Crippen LogP contribution in [0.1, 0.15) is 91.2 Å². The first-order chi connectivity index (χ1) is 15.8. The second-order valence-electron chi connectivity index (χ2n) is 9.41. The molecule has 2 saturated heterocycles. The van der Waals surface area contributed by atoms with Crippen molar-refractivity contribution in [2.75, 3.05) is 6.61 Å². The number of nitrogens with one attached hydrogen (secondary N) is 1. The lowest BCUT2D eigenvalue weighted by atomic mass is 10.1. The van der Waals surface area contributed by atoms with Gasteiger partial charge in [0.25, 0.3) is 5.56 Å². The van der Waals surface area contributed by atoms with Gasteiger partial charge in [0, 0.05) is 18.7 Å². The molecule has 2 fully saturated rings. The van der Waals surface area contributed by atoms with Gasteiger partial charge in [-0.2, -0.15) is 0 Å². The fourth-order valence-corrected chi connectivity index (χ4v) is 4.47. The molecule has 3 rings (SSSR count). The van der Waals surface area contributed by atoms with Gasteiger partial charge < -0.3 is 18.9 Å². The predicted molar refractivity (Wildman–Crippen MR) is 122 cm³/mol. The molecule has 0 bridgehead atoms. The van der Waals surface area contributed by atoms with Crippen LogP contribution in [0.15, 0.2) is 21.9 Å². The number of ether oxygens (including phenoxy) is 4. The number of hydrogen-bond donors (Lipinski definition) is 1. The summed E-state index contributed by atoms with van der Waals surface area (Å²) in [5.41, 5.74) is -1.08. The third kappa shape index (κ3) is 7.25. The van der Waals surface area contributed by atoms with Gasteiger partial charge >= 0.3 is 11.7 Å². The number of fused-ring (bicyclic) bond motifs is 1. The minimum absolute atomic E-state index is 0.0193. The van der Waals surface area contributed by atoms with Gasteiger partial charge in [-0.25, -0.2) is 4.79 Å². The first-order valence-electron chi connectivity index (χ1n) is 12.3. The number of carbonyl (C=O) groups excluding carboxylic acids is 1. The van der Waals surface area contributed by atoms with Crippen LogP contribution in [-0.2, 0) is 23.7 Å². The Morgan fingerprint density at radius 1 is 1.03 bits per heavy atom. The molecule has 9 nitrogen and oxygen atoms in total. The molecule has 1 aromatic rings. The van der Waals surface area contributed by atoms with Crippen molar-refractivity contribution in [3.05, 3.63) is 33.1 Å². The molecular formula is C24H38N2O7. The van der Waals surface area contributed by atoms with E-state index in [2.05, 4.69) is 11.9 Å². The highest BCUT2D eigenvalue weighted by Gasteiger charge is 2.56. The van der Waals surface area contributed by atoms with Gasteiger partial charge in [-0.15, -0.1) is 0 Å². The van der Waals surface area contributed by atoms with Crippen molar-refractivity contribution in [3.63, 3.8) is 0 Å². The van der Waals surface area contributed by atoms with E-state index in [9.17, 15) is 14.4 Å². The van der Waals surface area contributed by atoms with Crippen LogP contribution in [-0.4, -0.2) is 46.2 Å². The minimum Gasteiger partial charge on any atom is -0.463 e. The van der Waals surface area contributed by atoms with Crippen molar-refractivity contribution in [3.8, 4) is 0 Å². The standard InChI is InChI=1S/C24H38N2O7/c1-4-5-6-7-8-9-10-11-12-13-19(28)30-16-17-20-21(33-24(2,3)32-20)22(31-17)26-15-14-18(27)25-23(26)29/h14-15,17,20-22H,4-13,16H2,1-3H3,(H,25,27,29)/t17-,20-,21-,22-/m1/s1. The van der Waals surface area contributed by atoms with Gasteiger partial charge in [0.05, 0.1) is 0 Å². The summed E-state index contributed by atoms with van der Waals surface area (Å²) in [4.78, 5) is 38.1. The zero-order chi connectivity index (χ0) is 23.8. The third-order valence-electron chi connectivity index (χ3n) is 6.14. The number of H-pyrrole nitrogens is 1. The number of carbonyl (C=O) groups is 1. The molecule has 1 aromatic heterocycles. The van der Waals surface area contributed by atoms with E-state index < -0.39 is 41.6 Å². The number of aromatic nitrogens is 2. The number of aromatic amines is 1. The van der Waals surface area contributed by atoms with Crippen molar-refractivity contribution in [1.29, 1.82) is 0 Å². The Bertz CT molecular complexity index is 878. The van der Waals surface area contributed by atoms with Crippen LogP contribution >= 0.6 is 0 Å². The predicted octanol–water partition coefficient (Wildman–Crippen LogP) is 3.42. The lowest BCUT2D eigenvalue weighted by Crippen LogP contribution is -2.37. The van der Waals surface area contributed by atoms with E-state index in [4.69, 9.17) is 18.9 Å². The maximum atomic E-state index is 12.3. The summed E-state index contributed by atoms with van der Waals surface area (Å²) < 4.78 is 24.6. The number of rotatable bonds is 13. The molecule has 33 heavy (non-hydrogen) atoms. The fourth-order valence-electron chi connectivity index (χ4n) is 4.47. The van der Waals surface area contributed by atoms with Crippen LogP contribution in [0.5, 0.6) is 0 Å². The van der Waals surface area contributed by atoms with E-state index >= 15 is 0 Å². The summed E-state index contributed by atoms with van der Waals surface area (Å²) in [5.74, 6) is -1.12. The first kappa shape index (κ1) is 25.6. The molecular weight excluding hydrogens is 428 g/mol. The zero-order valence-electron chi connectivity index (χ0n) is 20.0. The Labute approximate surface area is 194 Å². The second kappa shape index (κ2) is 11.9. The quantitative estimate of drug-likeness (QED) is 0.350. The molecule has 0 spiro atoms. The zero-order valence-corrected chi connectivity index (χ0v) is 20.0. The molecule has 1 N–H and O–H groups in total. The third-order valence-corrected chi connectivity index (χ3v) is 6.14. The number of nitrogens with zero attached hydrogens (tertiary/aromatic N) is 1. The van der Waals surface area contributed by atoms with Gasteiger partial charge in [0.1, 0.15) is 24.9 Å². The lowest BCUT2D eigenvalue weighted by Gasteiger charge is -2.24. The largest absolute Gasteiger partial charge is 0.463 e. The normalized spacial score (nSPS) is 25.8. The fraction of sp³-hybridized carbons (Fsp3) is 0.792. The number of esters is 1. The molecule has 2 aliphatic rings. The Kier molecular flexibility index (Phi) is 9.28. The van der Waals surface area contributed by atoms with Crippen LogP contribution in [0.2, 0.25) is 0 Å². The monoisotopic (exact) mass is 466 g/mol. The van der Waals surface area contributed by atoms with Crippen LogP contribution < -0.4 is 11.2 Å². The lowest BCUT2D eigenvalue weighted by molar-refractivity contribution is -0.203. The van der Waals surface area contributed by atoms with E-state index in [0.717, 1.165) is 19.3 Å². The van der Waals surface area contributed by atoms with Crippen molar-refractivity contribution in [2.45, 2.75) is 115 Å². The van der Waals surface area contributed by atoms with Crippen LogP contribution in [0, 0.1) is 0 Å². The summed E-state index contributed by atoms with van der Waals surface area (Å²) in [7, 11) is 0. The highest BCUT2D eigenvalue weighted by molar-refractivity contribution is 5.69.